The number of hydrogen-bond acceptors (Lipinski definition) is 5. The quantitative estimate of drug-likeness (QED) is 0.461. The van der Waals surface area contributed by atoms with Gasteiger partial charge in [0, 0.05) is 52.0 Å². The Kier molecular flexibility index (Phi) is 10.2. The van der Waals surface area contributed by atoms with E-state index in [0.29, 0.717) is 12.5 Å². The molecule has 0 spiro atoms. The summed E-state index contributed by atoms with van der Waals surface area (Å²) in [5, 5.41) is 6.77. The van der Waals surface area contributed by atoms with Crippen LogP contribution in [-0.2, 0) is 11.3 Å². The molecule has 0 saturated carbocycles. The largest absolute Gasteiger partial charge is 0.374 e. The average molecular weight is 405 g/mol. The van der Waals surface area contributed by atoms with Gasteiger partial charge in [0.2, 0.25) is 0 Å². The number of hydrogen-bond donors (Lipinski definition) is 2. The number of ether oxygens (including phenoxy) is 1. The van der Waals surface area contributed by atoms with Crippen LogP contribution < -0.4 is 15.5 Å². The first-order chi connectivity index (χ1) is 14.0. The molecule has 2 heterocycles. The van der Waals surface area contributed by atoms with Crippen LogP contribution in [0.2, 0.25) is 0 Å². The van der Waals surface area contributed by atoms with E-state index in [9.17, 15) is 0 Å². The van der Waals surface area contributed by atoms with E-state index in [0.717, 1.165) is 69.8 Å². The Morgan fingerprint density at radius 2 is 2.07 bits per heavy atom. The van der Waals surface area contributed by atoms with Crippen LogP contribution in [0.1, 0.15) is 40.2 Å². The van der Waals surface area contributed by atoms with Gasteiger partial charge in [-0.3, -0.25) is 4.90 Å². The van der Waals surface area contributed by atoms with Gasteiger partial charge in [-0.15, -0.1) is 0 Å². The van der Waals surface area contributed by atoms with Crippen molar-refractivity contribution in [3.8, 4) is 0 Å². The maximum absolute atomic E-state index is 5.94. The summed E-state index contributed by atoms with van der Waals surface area (Å²) in [7, 11) is 0. The standard InChI is InChI=1S/C22H40N6O/c1-6-23-22(26-15-20-17-27(11-12-29-20)16-18(4)5)25-14-19-9-10-21(24-13-19)28(7-2)8-3/h9-10,13,18,20H,6-8,11-12,14-17H2,1-5H3,(H2,23,25,26). The topological polar surface area (TPSA) is 65.0 Å². The van der Waals surface area contributed by atoms with Crippen molar-refractivity contribution < 1.29 is 4.74 Å². The average Bonchev–Trinajstić information content (AvgIpc) is 2.72. The number of nitrogens with zero attached hydrogens (tertiary/aromatic N) is 4. The van der Waals surface area contributed by atoms with Crippen LogP contribution in [0.5, 0.6) is 0 Å². The molecule has 1 aromatic rings. The first-order valence-corrected chi connectivity index (χ1v) is 11.1. The van der Waals surface area contributed by atoms with Crippen LogP contribution in [0.4, 0.5) is 5.82 Å². The van der Waals surface area contributed by atoms with Gasteiger partial charge in [0.1, 0.15) is 5.82 Å². The molecule has 1 aliphatic heterocycles. The highest BCUT2D eigenvalue weighted by Crippen LogP contribution is 2.11. The molecule has 0 aliphatic carbocycles. The van der Waals surface area contributed by atoms with Gasteiger partial charge in [0.25, 0.3) is 0 Å². The third-order valence-electron chi connectivity index (χ3n) is 5.00. The van der Waals surface area contributed by atoms with Crippen LogP contribution in [0.25, 0.3) is 0 Å². The van der Waals surface area contributed by atoms with Crippen LogP contribution >= 0.6 is 0 Å². The third kappa shape index (κ3) is 8.19. The predicted molar refractivity (Wildman–Crippen MR) is 122 cm³/mol. The zero-order valence-corrected chi connectivity index (χ0v) is 18.9. The highest BCUT2D eigenvalue weighted by Gasteiger charge is 2.21. The van der Waals surface area contributed by atoms with E-state index in [1.165, 1.54) is 0 Å². The Labute approximate surface area is 176 Å². The first-order valence-electron chi connectivity index (χ1n) is 11.1. The third-order valence-corrected chi connectivity index (χ3v) is 5.00. The van der Waals surface area contributed by atoms with Gasteiger partial charge in [-0.2, -0.15) is 0 Å². The normalized spacial score (nSPS) is 18.1. The Hall–Kier alpha value is -1.86. The summed E-state index contributed by atoms with van der Waals surface area (Å²) in [5.41, 5.74) is 1.11. The number of morpholine rings is 1. The molecule has 0 bridgehead atoms. The van der Waals surface area contributed by atoms with Crippen LogP contribution in [-0.4, -0.2) is 74.4 Å². The highest BCUT2D eigenvalue weighted by molar-refractivity contribution is 5.79. The molecule has 0 aromatic carbocycles. The Bertz CT molecular complexity index is 600. The molecule has 164 valence electrons. The molecule has 1 aliphatic rings. The molecule has 1 aromatic heterocycles. The monoisotopic (exact) mass is 404 g/mol. The predicted octanol–water partition coefficient (Wildman–Crippen LogP) is 2.34. The Morgan fingerprint density at radius 3 is 2.69 bits per heavy atom. The van der Waals surface area contributed by atoms with Gasteiger partial charge in [0.05, 0.1) is 19.3 Å². The van der Waals surface area contributed by atoms with Crippen LogP contribution in [0.3, 0.4) is 0 Å². The highest BCUT2D eigenvalue weighted by atomic mass is 16.5. The lowest BCUT2D eigenvalue weighted by atomic mass is 10.2. The SMILES string of the molecule is CCNC(=NCc1ccc(N(CC)CC)nc1)NCC1CN(CC(C)C)CCO1. The Morgan fingerprint density at radius 1 is 1.28 bits per heavy atom. The summed E-state index contributed by atoms with van der Waals surface area (Å²) in [6.07, 6.45) is 2.12. The minimum absolute atomic E-state index is 0.196. The van der Waals surface area contributed by atoms with Gasteiger partial charge in [-0.05, 0) is 38.3 Å². The van der Waals surface area contributed by atoms with E-state index in [4.69, 9.17) is 9.73 Å². The lowest BCUT2D eigenvalue weighted by Gasteiger charge is -2.34. The molecule has 29 heavy (non-hydrogen) atoms. The summed E-state index contributed by atoms with van der Waals surface area (Å²) < 4.78 is 5.94. The molecule has 0 amide bonds. The minimum Gasteiger partial charge on any atom is -0.374 e. The number of guanidine groups is 1. The van der Waals surface area contributed by atoms with E-state index in [1.54, 1.807) is 0 Å². The molecule has 7 heteroatoms. The molecule has 7 nitrogen and oxygen atoms in total. The number of aliphatic imine (C=N–C) groups is 1. The lowest BCUT2D eigenvalue weighted by molar-refractivity contribution is -0.0284. The van der Waals surface area contributed by atoms with Gasteiger partial charge in [-0.1, -0.05) is 19.9 Å². The van der Waals surface area contributed by atoms with Crippen molar-refractivity contribution in [2.45, 2.75) is 47.3 Å². The first kappa shape index (κ1) is 23.4. The van der Waals surface area contributed by atoms with Gasteiger partial charge >= 0.3 is 0 Å². The van der Waals surface area contributed by atoms with Crippen molar-refractivity contribution in [1.82, 2.24) is 20.5 Å². The van der Waals surface area contributed by atoms with Gasteiger partial charge < -0.3 is 20.3 Å². The maximum atomic E-state index is 5.94. The van der Waals surface area contributed by atoms with Crippen LogP contribution in [0, 0.1) is 5.92 Å². The minimum atomic E-state index is 0.196. The van der Waals surface area contributed by atoms with E-state index >= 15 is 0 Å². The fourth-order valence-corrected chi connectivity index (χ4v) is 3.55. The second-order valence-corrected chi connectivity index (χ2v) is 7.92. The van der Waals surface area contributed by atoms with E-state index < -0.39 is 0 Å². The van der Waals surface area contributed by atoms with Gasteiger partial charge in [-0.25, -0.2) is 9.98 Å². The zero-order valence-electron chi connectivity index (χ0n) is 18.9. The van der Waals surface area contributed by atoms with Crippen molar-refractivity contribution in [1.29, 1.82) is 0 Å². The van der Waals surface area contributed by atoms with Crippen molar-refractivity contribution in [3.63, 3.8) is 0 Å². The number of nitrogens with one attached hydrogen (secondary N) is 2. The zero-order chi connectivity index (χ0) is 21.1. The van der Waals surface area contributed by atoms with Crippen LogP contribution in [0.15, 0.2) is 23.3 Å². The fourth-order valence-electron chi connectivity index (χ4n) is 3.55. The second kappa shape index (κ2) is 12.6. The summed E-state index contributed by atoms with van der Waals surface area (Å²) in [6.45, 7) is 19.0. The molecule has 0 radical (unpaired) electrons. The van der Waals surface area contributed by atoms with E-state index in [1.807, 2.05) is 6.20 Å². The van der Waals surface area contributed by atoms with Crippen molar-refractivity contribution in [3.05, 3.63) is 23.9 Å². The number of rotatable bonds is 10. The molecule has 2 rings (SSSR count). The number of anilines is 1. The van der Waals surface area contributed by atoms with Crippen molar-refractivity contribution >= 4 is 11.8 Å². The van der Waals surface area contributed by atoms with Gasteiger partial charge in [0.15, 0.2) is 5.96 Å². The Balaban J connectivity index is 1.87. The lowest BCUT2D eigenvalue weighted by Crippen LogP contribution is -2.50. The maximum Gasteiger partial charge on any atom is 0.191 e. The summed E-state index contributed by atoms with van der Waals surface area (Å²) in [4.78, 5) is 14.0. The molecular weight excluding hydrogens is 364 g/mol. The van der Waals surface area contributed by atoms with Crippen molar-refractivity contribution in [2.75, 3.05) is 57.3 Å². The second-order valence-electron chi connectivity index (χ2n) is 7.92. The summed E-state index contributed by atoms with van der Waals surface area (Å²) in [5.74, 6) is 2.53. The number of aromatic nitrogens is 1. The van der Waals surface area contributed by atoms with E-state index in [2.05, 4.69) is 72.2 Å². The molecule has 1 saturated heterocycles. The molecule has 2 N–H and O–H groups in total. The fraction of sp³-hybridized carbons (Fsp3) is 0.727. The van der Waals surface area contributed by atoms with E-state index in [-0.39, 0.29) is 6.10 Å². The molecule has 1 unspecified atom stereocenters. The van der Waals surface area contributed by atoms with Crippen molar-refractivity contribution in [2.24, 2.45) is 10.9 Å². The smallest absolute Gasteiger partial charge is 0.191 e. The summed E-state index contributed by atoms with van der Waals surface area (Å²) >= 11 is 0. The molecular formula is C22H40N6O. The molecule has 1 atom stereocenters. The summed E-state index contributed by atoms with van der Waals surface area (Å²) in [6, 6.07) is 4.19. The molecule has 1 fully saturated rings. The number of pyridine rings is 1.